The molecule has 1 aliphatic heterocycles. The summed E-state index contributed by atoms with van der Waals surface area (Å²) in [5.41, 5.74) is 2.46. The predicted molar refractivity (Wildman–Crippen MR) is 67.1 cm³/mol. The summed E-state index contributed by atoms with van der Waals surface area (Å²) in [5.74, 6) is 1.12. The first-order valence-electron chi connectivity index (χ1n) is 5.91. The van der Waals surface area contributed by atoms with Crippen molar-refractivity contribution in [3.63, 3.8) is 0 Å². The largest absolute Gasteiger partial charge is 0.454 e. The molecule has 98 valence electrons. The SMILES string of the molecule is Cc1[nH]ncc1CNC(=O)c1ccc2c(c1)OCO2. The van der Waals surface area contributed by atoms with Gasteiger partial charge in [-0.25, -0.2) is 0 Å². The van der Waals surface area contributed by atoms with Gasteiger partial charge in [-0.1, -0.05) is 0 Å². The fourth-order valence-electron chi connectivity index (χ4n) is 1.87. The number of hydrogen-bond donors (Lipinski definition) is 2. The molecule has 0 aliphatic carbocycles. The second-order valence-corrected chi connectivity index (χ2v) is 4.27. The average Bonchev–Trinajstić information content (AvgIpc) is 3.03. The van der Waals surface area contributed by atoms with Gasteiger partial charge in [-0.2, -0.15) is 5.10 Å². The molecule has 1 aromatic heterocycles. The van der Waals surface area contributed by atoms with E-state index in [0.717, 1.165) is 11.3 Å². The van der Waals surface area contributed by atoms with Crippen LogP contribution in [0.25, 0.3) is 0 Å². The molecule has 0 saturated carbocycles. The molecule has 0 spiro atoms. The molecular weight excluding hydrogens is 246 g/mol. The highest BCUT2D eigenvalue weighted by Gasteiger charge is 2.16. The molecule has 6 heteroatoms. The maximum absolute atomic E-state index is 12.0. The number of rotatable bonds is 3. The number of aromatic nitrogens is 2. The van der Waals surface area contributed by atoms with E-state index >= 15 is 0 Å². The lowest BCUT2D eigenvalue weighted by molar-refractivity contribution is 0.0950. The minimum absolute atomic E-state index is 0.154. The normalized spacial score (nSPS) is 12.5. The van der Waals surface area contributed by atoms with Crippen LogP contribution in [-0.4, -0.2) is 22.9 Å². The van der Waals surface area contributed by atoms with Crippen molar-refractivity contribution in [1.82, 2.24) is 15.5 Å². The number of nitrogens with one attached hydrogen (secondary N) is 2. The summed E-state index contributed by atoms with van der Waals surface area (Å²) in [4.78, 5) is 12.0. The van der Waals surface area contributed by atoms with Crippen LogP contribution in [-0.2, 0) is 6.54 Å². The van der Waals surface area contributed by atoms with Crippen molar-refractivity contribution in [1.29, 1.82) is 0 Å². The zero-order valence-corrected chi connectivity index (χ0v) is 10.4. The van der Waals surface area contributed by atoms with Gasteiger partial charge >= 0.3 is 0 Å². The van der Waals surface area contributed by atoms with Crippen molar-refractivity contribution in [3.8, 4) is 11.5 Å². The van der Waals surface area contributed by atoms with E-state index in [2.05, 4.69) is 15.5 Å². The van der Waals surface area contributed by atoms with E-state index in [0.29, 0.717) is 23.6 Å². The second kappa shape index (κ2) is 4.64. The monoisotopic (exact) mass is 259 g/mol. The van der Waals surface area contributed by atoms with Gasteiger partial charge in [0.05, 0.1) is 6.20 Å². The standard InChI is InChI=1S/C13H13N3O3/c1-8-10(6-15-16-8)5-14-13(17)9-2-3-11-12(4-9)19-7-18-11/h2-4,6H,5,7H2,1H3,(H,14,17)(H,15,16). The van der Waals surface area contributed by atoms with Gasteiger partial charge in [0.2, 0.25) is 6.79 Å². The first-order chi connectivity index (χ1) is 9.24. The fourth-order valence-corrected chi connectivity index (χ4v) is 1.87. The highest BCUT2D eigenvalue weighted by atomic mass is 16.7. The zero-order valence-electron chi connectivity index (χ0n) is 10.4. The molecule has 19 heavy (non-hydrogen) atoms. The molecule has 3 rings (SSSR count). The number of benzene rings is 1. The van der Waals surface area contributed by atoms with E-state index in [1.807, 2.05) is 6.92 Å². The van der Waals surface area contributed by atoms with Gasteiger partial charge in [-0.05, 0) is 25.1 Å². The van der Waals surface area contributed by atoms with Gasteiger partial charge < -0.3 is 14.8 Å². The van der Waals surface area contributed by atoms with Gasteiger partial charge in [0.25, 0.3) is 5.91 Å². The third-order valence-corrected chi connectivity index (χ3v) is 3.01. The van der Waals surface area contributed by atoms with Gasteiger partial charge in [-0.3, -0.25) is 9.89 Å². The number of H-pyrrole nitrogens is 1. The Labute approximate surface area is 109 Å². The van der Waals surface area contributed by atoms with Gasteiger partial charge in [0.15, 0.2) is 11.5 Å². The van der Waals surface area contributed by atoms with Crippen molar-refractivity contribution >= 4 is 5.91 Å². The molecule has 0 atom stereocenters. The van der Waals surface area contributed by atoms with E-state index in [4.69, 9.17) is 9.47 Å². The van der Waals surface area contributed by atoms with Crippen LogP contribution < -0.4 is 14.8 Å². The smallest absolute Gasteiger partial charge is 0.251 e. The summed E-state index contributed by atoms with van der Waals surface area (Å²) in [6.45, 7) is 2.55. The summed E-state index contributed by atoms with van der Waals surface area (Å²) >= 11 is 0. The zero-order chi connectivity index (χ0) is 13.2. The van der Waals surface area contributed by atoms with Crippen molar-refractivity contribution in [2.45, 2.75) is 13.5 Å². The Hall–Kier alpha value is -2.50. The van der Waals surface area contributed by atoms with Crippen LogP contribution >= 0.6 is 0 Å². The lowest BCUT2D eigenvalue weighted by Gasteiger charge is -2.05. The number of aromatic amines is 1. The molecule has 2 heterocycles. The molecule has 1 amide bonds. The molecule has 1 aliphatic rings. The Balaban J connectivity index is 1.69. The molecule has 2 aromatic rings. The van der Waals surface area contributed by atoms with E-state index in [1.54, 1.807) is 24.4 Å². The van der Waals surface area contributed by atoms with Crippen LogP contribution in [0.2, 0.25) is 0 Å². The Morgan fingerprint density at radius 3 is 3.05 bits per heavy atom. The Morgan fingerprint density at radius 1 is 1.42 bits per heavy atom. The molecule has 0 bridgehead atoms. The van der Waals surface area contributed by atoms with Crippen molar-refractivity contribution in [2.24, 2.45) is 0 Å². The summed E-state index contributed by atoms with van der Waals surface area (Å²) in [6.07, 6.45) is 1.70. The summed E-state index contributed by atoms with van der Waals surface area (Å²) in [6, 6.07) is 5.13. The summed E-state index contributed by atoms with van der Waals surface area (Å²) in [5, 5.41) is 9.57. The number of carbonyl (C=O) groups excluding carboxylic acids is 1. The number of carbonyl (C=O) groups is 1. The van der Waals surface area contributed by atoms with E-state index in [1.165, 1.54) is 0 Å². The predicted octanol–water partition coefficient (Wildman–Crippen LogP) is 1.38. The molecule has 6 nitrogen and oxygen atoms in total. The van der Waals surface area contributed by atoms with Gasteiger partial charge in [0.1, 0.15) is 0 Å². The van der Waals surface area contributed by atoms with Crippen LogP contribution in [0.3, 0.4) is 0 Å². The van der Waals surface area contributed by atoms with Crippen LogP contribution in [0.1, 0.15) is 21.6 Å². The minimum Gasteiger partial charge on any atom is -0.454 e. The van der Waals surface area contributed by atoms with Crippen molar-refractivity contribution < 1.29 is 14.3 Å². The van der Waals surface area contributed by atoms with E-state index < -0.39 is 0 Å². The number of aryl methyl sites for hydroxylation is 1. The van der Waals surface area contributed by atoms with E-state index in [9.17, 15) is 4.79 Å². The third kappa shape index (κ3) is 2.24. The number of ether oxygens (including phenoxy) is 2. The number of nitrogens with zero attached hydrogens (tertiary/aromatic N) is 1. The van der Waals surface area contributed by atoms with Crippen LogP contribution in [0.5, 0.6) is 11.5 Å². The average molecular weight is 259 g/mol. The highest BCUT2D eigenvalue weighted by Crippen LogP contribution is 2.32. The van der Waals surface area contributed by atoms with Crippen molar-refractivity contribution in [2.75, 3.05) is 6.79 Å². The van der Waals surface area contributed by atoms with Crippen molar-refractivity contribution in [3.05, 3.63) is 41.2 Å². The highest BCUT2D eigenvalue weighted by molar-refractivity contribution is 5.94. The molecule has 0 radical (unpaired) electrons. The third-order valence-electron chi connectivity index (χ3n) is 3.01. The quantitative estimate of drug-likeness (QED) is 0.873. The van der Waals surface area contributed by atoms with Crippen LogP contribution in [0.4, 0.5) is 0 Å². The Morgan fingerprint density at radius 2 is 2.26 bits per heavy atom. The fraction of sp³-hybridized carbons (Fsp3) is 0.231. The first-order valence-corrected chi connectivity index (χ1v) is 5.91. The Kier molecular flexibility index (Phi) is 2.83. The molecule has 2 N–H and O–H groups in total. The van der Waals surface area contributed by atoms with Crippen LogP contribution in [0, 0.1) is 6.92 Å². The molecular formula is C13H13N3O3. The molecule has 0 saturated heterocycles. The topological polar surface area (TPSA) is 76.2 Å². The molecule has 0 unspecified atom stereocenters. The van der Waals surface area contributed by atoms with Gasteiger partial charge in [-0.15, -0.1) is 0 Å². The summed E-state index contributed by atoms with van der Waals surface area (Å²) in [7, 11) is 0. The lowest BCUT2D eigenvalue weighted by Crippen LogP contribution is -2.22. The minimum atomic E-state index is -0.154. The number of amides is 1. The Bertz CT molecular complexity index is 621. The molecule has 1 aromatic carbocycles. The first kappa shape index (κ1) is 11.6. The maximum Gasteiger partial charge on any atom is 0.251 e. The van der Waals surface area contributed by atoms with Crippen LogP contribution in [0.15, 0.2) is 24.4 Å². The maximum atomic E-state index is 12.0. The molecule has 0 fully saturated rings. The number of hydrogen-bond acceptors (Lipinski definition) is 4. The summed E-state index contributed by atoms with van der Waals surface area (Å²) < 4.78 is 10.4. The van der Waals surface area contributed by atoms with E-state index in [-0.39, 0.29) is 12.7 Å². The van der Waals surface area contributed by atoms with Gasteiger partial charge in [0, 0.05) is 23.4 Å². The second-order valence-electron chi connectivity index (χ2n) is 4.27. The lowest BCUT2D eigenvalue weighted by atomic mass is 10.2. The number of fused-ring (bicyclic) bond motifs is 1.